The van der Waals surface area contributed by atoms with Gasteiger partial charge in [-0.25, -0.2) is 14.4 Å². The molecule has 0 aromatic heterocycles. The van der Waals surface area contributed by atoms with E-state index in [1.807, 2.05) is 30.3 Å². The number of aliphatic carboxylic acids is 2. The highest BCUT2D eigenvalue weighted by Crippen LogP contribution is 2.36. The average Bonchev–Trinajstić information content (AvgIpc) is 3.07. The highest BCUT2D eigenvalue weighted by Gasteiger charge is 2.16. The van der Waals surface area contributed by atoms with Crippen molar-refractivity contribution in [3.8, 4) is 45.3 Å². The maximum absolute atomic E-state index is 13.4. The largest absolute Gasteiger partial charge is 0.486 e. The zero-order valence-corrected chi connectivity index (χ0v) is 24.3. The van der Waals surface area contributed by atoms with Gasteiger partial charge in [0.2, 0.25) is 0 Å². The van der Waals surface area contributed by atoms with Crippen LogP contribution < -0.4 is 18.9 Å². The smallest absolute Gasteiger partial charge is 0.341 e. The van der Waals surface area contributed by atoms with E-state index >= 15 is 0 Å². The summed E-state index contributed by atoms with van der Waals surface area (Å²) in [5, 5.41) is 18.2. The molecule has 4 aromatic rings. The number of esters is 1. The lowest BCUT2D eigenvalue weighted by molar-refractivity contribution is -0.140. The molecule has 12 nitrogen and oxygen atoms in total. The van der Waals surface area contributed by atoms with Gasteiger partial charge in [0.05, 0.1) is 5.56 Å². The summed E-state index contributed by atoms with van der Waals surface area (Å²) in [5.74, 6) is -2.44. The maximum Gasteiger partial charge on any atom is 0.341 e. The fraction of sp³-hybridized carbons (Fsp3) is 0.147. The van der Waals surface area contributed by atoms with Crippen LogP contribution in [0, 0.1) is 0 Å². The standard InChI is InChI=1S/C34H28O12/c35-6-8-42-28-13-25(14-29(17-28)43-9-7-36)23-10-24(12-27(11-23)34(41)46-19-22-4-2-1-3-5-22)26-15-30(44-20-32(37)38)18-31(16-26)45-21-33(39)40/h1-7,10-18H,8-9,19-21H2,(H,37,38)(H,39,40). The summed E-state index contributed by atoms with van der Waals surface area (Å²) in [7, 11) is 0. The number of hydrogen-bond donors (Lipinski definition) is 2. The van der Waals surface area contributed by atoms with Crippen molar-refractivity contribution in [3.63, 3.8) is 0 Å². The van der Waals surface area contributed by atoms with Crippen LogP contribution in [0.4, 0.5) is 0 Å². The summed E-state index contributed by atoms with van der Waals surface area (Å²) in [6.45, 7) is -1.82. The minimum Gasteiger partial charge on any atom is -0.486 e. The van der Waals surface area contributed by atoms with Crippen LogP contribution in [-0.4, -0.2) is 67.1 Å². The number of carboxylic acid groups (broad SMARTS) is 2. The lowest BCUT2D eigenvalue weighted by atomic mass is 9.95. The molecule has 0 radical (unpaired) electrons. The SMILES string of the molecule is O=CCOc1cc(OCC=O)cc(-c2cc(C(=O)OCc3ccccc3)cc(-c3cc(OCC(=O)O)cc(OCC(=O)O)c3)c2)c1. The Labute approximate surface area is 262 Å². The molecule has 0 fully saturated rings. The van der Waals surface area contributed by atoms with E-state index in [4.69, 9.17) is 33.9 Å². The van der Waals surface area contributed by atoms with Crippen LogP contribution in [0.25, 0.3) is 22.3 Å². The van der Waals surface area contributed by atoms with Crippen LogP contribution in [0.2, 0.25) is 0 Å². The van der Waals surface area contributed by atoms with Crippen molar-refractivity contribution in [1.29, 1.82) is 0 Å². The monoisotopic (exact) mass is 628 g/mol. The summed E-state index contributed by atoms with van der Waals surface area (Å²) in [6.07, 6.45) is 1.15. The zero-order chi connectivity index (χ0) is 32.9. The van der Waals surface area contributed by atoms with Crippen LogP contribution in [0.3, 0.4) is 0 Å². The van der Waals surface area contributed by atoms with Crippen molar-refractivity contribution < 1.29 is 57.9 Å². The van der Waals surface area contributed by atoms with Crippen molar-refractivity contribution in [2.45, 2.75) is 6.61 Å². The number of rotatable bonds is 17. The fourth-order valence-electron chi connectivity index (χ4n) is 4.25. The van der Waals surface area contributed by atoms with E-state index in [0.29, 0.717) is 34.8 Å². The molecule has 4 aromatic carbocycles. The van der Waals surface area contributed by atoms with Crippen LogP contribution in [-0.2, 0) is 30.5 Å². The molecule has 0 aliphatic carbocycles. The molecular weight excluding hydrogens is 600 g/mol. The molecule has 0 amide bonds. The first kappa shape index (κ1) is 32.7. The topological polar surface area (TPSA) is 172 Å². The van der Waals surface area contributed by atoms with E-state index in [1.54, 1.807) is 30.3 Å². The molecule has 0 atom stereocenters. The molecule has 46 heavy (non-hydrogen) atoms. The maximum atomic E-state index is 13.4. The summed E-state index contributed by atoms with van der Waals surface area (Å²) in [6, 6.07) is 23.0. The van der Waals surface area contributed by atoms with Crippen molar-refractivity contribution in [1.82, 2.24) is 0 Å². The molecule has 2 N–H and O–H groups in total. The summed E-state index contributed by atoms with van der Waals surface area (Å²) in [5.41, 5.74) is 2.70. The molecule has 236 valence electrons. The van der Waals surface area contributed by atoms with Crippen molar-refractivity contribution in [2.24, 2.45) is 0 Å². The number of ether oxygens (including phenoxy) is 5. The first-order valence-corrected chi connectivity index (χ1v) is 13.7. The Kier molecular flexibility index (Phi) is 11.4. The minimum atomic E-state index is -1.23. The molecule has 0 saturated carbocycles. The van der Waals surface area contributed by atoms with Crippen molar-refractivity contribution in [3.05, 3.63) is 96.1 Å². The summed E-state index contributed by atoms with van der Waals surface area (Å²) in [4.78, 5) is 57.6. The van der Waals surface area contributed by atoms with E-state index in [1.165, 1.54) is 24.3 Å². The van der Waals surface area contributed by atoms with Crippen LogP contribution >= 0.6 is 0 Å². The van der Waals surface area contributed by atoms with Gasteiger partial charge in [-0.15, -0.1) is 0 Å². The molecule has 0 aliphatic heterocycles. The third kappa shape index (κ3) is 9.67. The molecule has 0 aliphatic rings. The Bertz CT molecular complexity index is 1650. The van der Waals surface area contributed by atoms with Gasteiger partial charge in [-0.2, -0.15) is 0 Å². The average molecular weight is 629 g/mol. The predicted octanol–water partition coefficient (Wildman–Crippen LogP) is 4.46. The lowest BCUT2D eigenvalue weighted by Gasteiger charge is -2.15. The summed E-state index contributed by atoms with van der Waals surface area (Å²) < 4.78 is 27.3. The predicted molar refractivity (Wildman–Crippen MR) is 162 cm³/mol. The number of carboxylic acids is 2. The first-order chi connectivity index (χ1) is 22.2. The van der Waals surface area contributed by atoms with Crippen molar-refractivity contribution >= 4 is 30.5 Å². The zero-order valence-electron chi connectivity index (χ0n) is 24.3. The Morgan fingerprint density at radius 2 is 1.00 bits per heavy atom. The number of carbonyl (C=O) groups excluding carboxylic acids is 3. The van der Waals surface area contributed by atoms with Crippen LogP contribution in [0.5, 0.6) is 23.0 Å². The molecule has 0 unspecified atom stereocenters. The fourth-order valence-corrected chi connectivity index (χ4v) is 4.25. The molecule has 0 saturated heterocycles. The first-order valence-electron chi connectivity index (χ1n) is 13.7. The van der Waals surface area contributed by atoms with Gasteiger partial charge in [0.25, 0.3) is 0 Å². The van der Waals surface area contributed by atoms with Gasteiger partial charge in [0.1, 0.15) is 42.8 Å². The quantitative estimate of drug-likeness (QED) is 0.124. The molecular formula is C34H28O12. The van der Waals surface area contributed by atoms with Gasteiger partial charge in [-0.05, 0) is 70.3 Å². The van der Waals surface area contributed by atoms with Gasteiger partial charge in [-0.3, -0.25) is 9.59 Å². The van der Waals surface area contributed by atoms with E-state index < -0.39 is 31.1 Å². The second kappa shape index (κ2) is 16.1. The second-order valence-electron chi connectivity index (χ2n) is 9.57. The molecule has 0 spiro atoms. The highest BCUT2D eigenvalue weighted by molar-refractivity contribution is 5.94. The minimum absolute atomic E-state index is 0.00360. The highest BCUT2D eigenvalue weighted by atomic mass is 16.5. The molecule has 12 heteroatoms. The van der Waals surface area contributed by atoms with E-state index in [2.05, 4.69) is 0 Å². The third-order valence-corrected chi connectivity index (χ3v) is 6.17. The number of aldehydes is 2. The number of carbonyl (C=O) groups is 5. The van der Waals surface area contributed by atoms with Gasteiger partial charge in [-0.1, -0.05) is 30.3 Å². The number of hydrogen-bond acceptors (Lipinski definition) is 10. The van der Waals surface area contributed by atoms with Gasteiger partial charge < -0.3 is 33.9 Å². The summed E-state index contributed by atoms with van der Waals surface area (Å²) >= 11 is 0. The van der Waals surface area contributed by atoms with E-state index in [9.17, 15) is 24.0 Å². The Morgan fingerprint density at radius 1 is 0.565 bits per heavy atom. The second-order valence-corrected chi connectivity index (χ2v) is 9.57. The van der Waals surface area contributed by atoms with E-state index in [0.717, 1.165) is 5.56 Å². The molecule has 4 rings (SSSR count). The third-order valence-electron chi connectivity index (χ3n) is 6.17. The van der Waals surface area contributed by atoms with E-state index in [-0.39, 0.29) is 48.4 Å². The number of benzene rings is 4. The Morgan fingerprint density at radius 3 is 1.43 bits per heavy atom. The normalized spacial score (nSPS) is 10.3. The molecule has 0 bridgehead atoms. The van der Waals surface area contributed by atoms with Gasteiger partial charge >= 0.3 is 17.9 Å². The van der Waals surface area contributed by atoms with Crippen LogP contribution in [0.1, 0.15) is 15.9 Å². The molecule has 0 heterocycles. The van der Waals surface area contributed by atoms with Crippen LogP contribution in [0.15, 0.2) is 84.9 Å². The Balaban J connectivity index is 1.83. The lowest BCUT2D eigenvalue weighted by Crippen LogP contribution is -2.11. The Hall–Kier alpha value is -6.17. The van der Waals surface area contributed by atoms with Gasteiger partial charge in [0, 0.05) is 12.1 Å². The van der Waals surface area contributed by atoms with Crippen molar-refractivity contribution in [2.75, 3.05) is 26.4 Å². The van der Waals surface area contributed by atoms with Gasteiger partial charge in [0.15, 0.2) is 25.8 Å².